The molecule has 112 valence electrons. The summed E-state index contributed by atoms with van der Waals surface area (Å²) in [6.07, 6.45) is 2.18. The van der Waals surface area contributed by atoms with Gasteiger partial charge in [-0.05, 0) is 43.5 Å². The largest absolute Gasteiger partial charge is 0.497 e. The second kappa shape index (κ2) is 7.50. The molecule has 1 aliphatic rings. The van der Waals surface area contributed by atoms with E-state index in [2.05, 4.69) is 17.9 Å². The second-order valence-electron chi connectivity index (χ2n) is 5.18. The zero-order chi connectivity index (χ0) is 14.4. The Bertz CT molecular complexity index is 428. The zero-order valence-corrected chi connectivity index (χ0v) is 12.8. The maximum absolute atomic E-state index is 5.50. The number of methoxy groups -OCH3 is 2. The highest BCUT2D eigenvalue weighted by atomic mass is 16.5. The Labute approximate surface area is 121 Å². The zero-order valence-electron chi connectivity index (χ0n) is 12.8. The van der Waals surface area contributed by atoms with Crippen molar-refractivity contribution in [1.82, 2.24) is 4.90 Å². The lowest BCUT2D eigenvalue weighted by Gasteiger charge is -2.26. The lowest BCUT2D eigenvalue weighted by Crippen LogP contribution is -2.36. The number of morpholine rings is 1. The van der Waals surface area contributed by atoms with Gasteiger partial charge in [0.15, 0.2) is 0 Å². The normalized spacial score (nSPS) is 16.1. The minimum absolute atomic E-state index is 0.858. The molecule has 0 atom stereocenters. The highest BCUT2D eigenvalue weighted by Crippen LogP contribution is 2.29. The van der Waals surface area contributed by atoms with Crippen LogP contribution in [0.25, 0.3) is 0 Å². The molecule has 0 aliphatic carbocycles. The van der Waals surface area contributed by atoms with Crippen LogP contribution in [-0.4, -0.2) is 52.0 Å². The number of hydrogen-bond acceptors (Lipinski definition) is 4. The van der Waals surface area contributed by atoms with Gasteiger partial charge in [-0.2, -0.15) is 0 Å². The van der Waals surface area contributed by atoms with Crippen molar-refractivity contribution in [2.45, 2.75) is 19.8 Å². The number of ether oxygens (including phenoxy) is 3. The minimum atomic E-state index is 0.858. The average Bonchev–Trinajstić information content (AvgIpc) is 2.49. The fraction of sp³-hybridized carbons (Fsp3) is 0.625. The summed E-state index contributed by atoms with van der Waals surface area (Å²) in [7, 11) is 3.41. The Morgan fingerprint density at radius 2 is 1.90 bits per heavy atom. The molecule has 1 aromatic rings. The summed E-state index contributed by atoms with van der Waals surface area (Å²) in [5.74, 6) is 1.79. The number of nitrogens with zero attached hydrogens (tertiary/aromatic N) is 1. The van der Waals surface area contributed by atoms with Gasteiger partial charge in [-0.3, -0.25) is 4.90 Å². The molecule has 0 unspecified atom stereocenters. The van der Waals surface area contributed by atoms with Crippen molar-refractivity contribution in [2.75, 3.05) is 47.1 Å². The molecule has 0 N–H and O–H groups in total. The monoisotopic (exact) mass is 279 g/mol. The average molecular weight is 279 g/mol. The van der Waals surface area contributed by atoms with E-state index in [9.17, 15) is 0 Å². The molecular weight excluding hydrogens is 254 g/mol. The first-order valence-corrected chi connectivity index (χ1v) is 7.26. The molecular formula is C16H25NO3. The third-order valence-electron chi connectivity index (χ3n) is 3.87. The van der Waals surface area contributed by atoms with E-state index in [0.29, 0.717) is 0 Å². The minimum Gasteiger partial charge on any atom is -0.497 e. The lowest BCUT2D eigenvalue weighted by atomic mass is 10.0. The first-order chi connectivity index (χ1) is 9.74. The Morgan fingerprint density at radius 1 is 1.15 bits per heavy atom. The van der Waals surface area contributed by atoms with Gasteiger partial charge in [-0.1, -0.05) is 0 Å². The summed E-state index contributed by atoms with van der Waals surface area (Å²) < 4.78 is 16.2. The van der Waals surface area contributed by atoms with Crippen molar-refractivity contribution >= 4 is 0 Å². The maximum atomic E-state index is 5.50. The molecule has 1 heterocycles. The van der Waals surface area contributed by atoms with E-state index in [4.69, 9.17) is 14.2 Å². The van der Waals surface area contributed by atoms with Crippen LogP contribution in [0.15, 0.2) is 12.1 Å². The summed E-state index contributed by atoms with van der Waals surface area (Å²) in [5, 5.41) is 0. The summed E-state index contributed by atoms with van der Waals surface area (Å²) in [5.41, 5.74) is 2.53. The van der Waals surface area contributed by atoms with E-state index in [-0.39, 0.29) is 0 Å². The van der Waals surface area contributed by atoms with Crippen LogP contribution in [0.3, 0.4) is 0 Å². The van der Waals surface area contributed by atoms with Crippen LogP contribution in [0.4, 0.5) is 0 Å². The van der Waals surface area contributed by atoms with Gasteiger partial charge in [-0.15, -0.1) is 0 Å². The van der Waals surface area contributed by atoms with Crippen molar-refractivity contribution < 1.29 is 14.2 Å². The first-order valence-electron chi connectivity index (χ1n) is 7.26. The molecule has 1 aliphatic heterocycles. The molecule has 1 saturated heterocycles. The molecule has 2 rings (SSSR count). The number of rotatable bonds is 6. The van der Waals surface area contributed by atoms with Gasteiger partial charge in [0, 0.05) is 19.2 Å². The third kappa shape index (κ3) is 3.87. The van der Waals surface area contributed by atoms with Gasteiger partial charge >= 0.3 is 0 Å². The van der Waals surface area contributed by atoms with E-state index in [1.807, 2.05) is 6.07 Å². The molecule has 0 radical (unpaired) electrons. The molecule has 4 nitrogen and oxygen atoms in total. The van der Waals surface area contributed by atoms with Gasteiger partial charge in [0.2, 0.25) is 0 Å². The Balaban J connectivity index is 1.94. The highest BCUT2D eigenvalue weighted by molar-refractivity contribution is 5.46. The molecule has 20 heavy (non-hydrogen) atoms. The quantitative estimate of drug-likeness (QED) is 0.799. The number of aryl methyl sites for hydroxylation is 1. The predicted octanol–water partition coefficient (Wildman–Crippen LogP) is 2.28. The van der Waals surface area contributed by atoms with E-state index in [0.717, 1.165) is 57.2 Å². The Kier molecular flexibility index (Phi) is 5.68. The van der Waals surface area contributed by atoms with Gasteiger partial charge in [0.05, 0.1) is 27.4 Å². The molecule has 0 bridgehead atoms. The summed E-state index contributed by atoms with van der Waals surface area (Å²) in [6, 6.07) is 4.05. The van der Waals surface area contributed by atoms with Crippen LogP contribution < -0.4 is 9.47 Å². The third-order valence-corrected chi connectivity index (χ3v) is 3.87. The van der Waals surface area contributed by atoms with Gasteiger partial charge in [0.25, 0.3) is 0 Å². The van der Waals surface area contributed by atoms with E-state index in [1.54, 1.807) is 14.2 Å². The van der Waals surface area contributed by atoms with Gasteiger partial charge in [0.1, 0.15) is 11.5 Å². The van der Waals surface area contributed by atoms with Gasteiger partial charge < -0.3 is 14.2 Å². The summed E-state index contributed by atoms with van der Waals surface area (Å²) in [6.45, 7) is 7.08. The van der Waals surface area contributed by atoms with Crippen molar-refractivity contribution in [2.24, 2.45) is 0 Å². The van der Waals surface area contributed by atoms with Crippen molar-refractivity contribution in [3.05, 3.63) is 23.3 Å². The van der Waals surface area contributed by atoms with E-state index < -0.39 is 0 Å². The highest BCUT2D eigenvalue weighted by Gasteiger charge is 2.12. The fourth-order valence-electron chi connectivity index (χ4n) is 2.68. The first kappa shape index (κ1) is 15.1. The molecule has 0 amide bonds. The number of hydrogen-bond donors (Lipinski definition) is 0. The van der Waals surface area contributed by atoms with Crippen LogP contribution in [0.5, 0.6) is 11.5 Å². The van der Waals surface area contributed by atoms with E-state index in [1.165, 1.54) is 11.1 Å². The molecule has 4 heteroatoms. The molecule has 1 aromatic carbocycles. The fourth-order valence-corrected chi connectivity index (χ4v) is 2.68. The van der Waals surface area contributed by atoms with Crippen LogP contribution >= 0.6 is 0 Å². The second-order valence-corrected chi connectivity index (χ2v) is 5.18. The number of benzene rings is 1. The van der Waals surface area contributed by atoms with Crippen LogP contribution in [0, 0.1) is 6.92 Å². The van der Waals surface area contributed by atoms with E-state index >= 15 is 0 Å². The topological polar surface area (TPSA) is 30.9 Å². The summed E-state index contributed by atoms with van der Waals surface area (Å²) >= 11 is 0. The maximum Gasteiger partial charge on any atom is 0.126 e. The molecule has 0 aromatic heterocycles. The van der Waals surface area contributed by atoms with Crippen molar-refractivity contribution in [3.8, 4) is 11.5 Å². The van der Waals surface area contributed by atoms with Crippen LogP contribution in [-0.2, 0) is 11.2 Å². The Morgan fingerprint density at radius 3 is 2.55 bits per heavy atom. The summed E-state index contributed by atoms with van der Waals surface area (Å²) in [4.78, 5) is 2.47. The van der Waals surface area contributed by atoms with Gasteiger partial charge in [-0.25, -0.2) is 0 Å². The predicted molar refractivity (Wildman–Crippen MR) is 79.9 cm³/mol. The lowest BCUT2D eigenvalue weighted by molar-refractivity contribution is 0.0374. The SMILES string of the molecule is COc1cc(C)c(CCCN2CCOCC2)c(OC)c1. The standard InChI is InChI=1S/C16H25NO3/c1-13-11-14(18-2)12-16(19-3)15(13)5-4-6-17-7-9-20-10-8-17/h11-12H,4-10H2,1-3H3. The molecule has 0 spiro atoms. The smallest absolute Gasteiger partial charge is 0.126 e. The molecule has 1 fully saturated rings. The van der Waals surface area contributed by atoms with Crippen LogP contribution in [0.1, 0.15) is 17.5 Å². The van der Waals surface area contributed by atoms with Crippen molar-refractivity contribution in [1.29, 1.82) is 0 Å². The molecule has 0 saturated carbocycles. The Hall–Kier alpha value is -1.26. The van der Waals surface area contributed by atoms with Crippen LogP contribution in [0.2, 0.25) is 0 Å². The van der Waals surface area contributed by atoms with Crippen molar-refractivity contribution in [3.63, 3.8) is 0 Å².